The number of hydrogen-bond donors (Lipinski definition) is 1. The number of benzene rings is 1. The number of fused-ring (bicyclic) bond motifs is 3. The van der Waals surface area contributed by atoms with Gasteiger partial charge in [-0.15, -0.1) is 0 Å². The Morgan fingerprint density at radius 1 is 1.26 bits per heavy atom. The van der Waals surface area contributed by atoms with Crippen LogP contribution >= 0.6 is 11.5 Å². The topological polar surface area (TPSA) is 81.5 Å². The van der Waals surface area contributed by atoms with Crippen molar-refractivity contribution in [2.75, 3.05) is 6.61 Å². The molecular formula is C19H18N6OS. The largest absolute Gasteiger partial charge is 0.493 e. The predicted octanol–water partition coefficient (Wildman–Crippen LogP) is 3.97. The van der Waals surface area contributed by atoms with Crippen LogP contribution in [-0.2, 0) is 6.42 Å². The van der Waals surface area contributed by atoms with E-state index in [1.165, 1.54) is 16.4 Å². The molecule has 136 valence electrons. The van der Waals surface area contributed by atoms with E-state index in [2.05, 4.69) is 46.3 Å². The van der Waals surface area contributed by atoms with Gasteiger partial charge in [0.05, 0.1) is 12.8 Å². The SMILES string of the molecule is CC(C)n1ncnc1-c1nsc2c1-c1cc(-c3cn[nH]c3)ccc1OCC2. The van der Waals surface area contributed by atoms with E-state index in [1.54, 1.807) is 6.33 Å². The third kappa shape index (κ3) is 2.64. The summed E-state index contributed by atoms with van der Waals surface area (Å²) in [5, 5.41) is 11.3. The lowest BCUT2D eigenvalue weighted by atomic mass is 9.98. The number of H-pyrrole nitrogens is 1. The van der Waals surface area contributed by atoms with Gasteiger partial charge in [0.25, 0.3) is 0 Å². The molecule has 27 heavy (non-hydrogen) atoms. The average Bonchev–Trinajstić information content (AvgIpc) is 3.40. The molecule has 3 aromatic heterocycles. The molecule has 0 bridgehead atoms. The van der Waals surface area contributed by atoms with Crippen LogP contribution in [0.3, 0.4) is 0 Å². The number of hydrogen-bond acceptors (Lipinski definition) is 6. The Kier molecular flexibility index (Phi) is 3.78. The third-order valence-corrected chi connectivity index (χ3v) is 5.61. The summed E-state index contributed by atoms with van der Waals surface area (Å²) in [7, 11) is 0. The van der Waals surface area contributed by atoms with Crippen molar-refractivity contribution in [2.24, 2.45) is 0 Å². The number of nitrogens with zero attached hydrogens (tertiary/aromatic N) is 5. The van der Waals surface area contributed by atoms with Crippen molar-refractivity contribution in [1.82, 2.24) is 29.3 Å². The van der Waals surface area contributed by atoms with Gasteiger partial charge in [0, 0.05) is 40.2 Å². The Balaban J connectivity index is 1.73. The number of aromatic nitrogens is 6. The maximum absolute atomic E-state index is 6.02. The standard InChI is InChI=1S/C19H18N6OS/c1-11(2)25-19(20-10-23-25)18-17-14-7-12(13-8-21-22-9-13)3-4-15(14)26-6-5-16(17)27-24-18/h3-4,7-11H,5-6H2,1-2H3,(H,21,22). The summed E-state index contributed by atoms with van der Waals surface area (Å²) < 4.78 is 12.7. The summed E-state index contributed by atoms with van der Waals surface area (Å²) in [6, 6.07) is 6.45. The highest BCUT2D eigenvalue weighted by molar-refractivity contribution is 7.06. The zero-order chi connectivity index (χ0) is 18.4. The van der Waals surface area contributed by atoms with Gasteiger partial charge < -0.3 is 4.74 Å². The van der Waals surface area contributed by atoms with Crippen LogP contribution in [0.1, 0.15) is 24.8 Å². The molecule has 0 spiro atoms. The van der Waals surface area contributed by atoms with Crippen molar-refractivity contribution >= 4 is 11.5 Å². The molecule has 0 unspecified atom stereocenters. The summed E-state index contributed by atoms with van der Waals surface area (Å²) in [5.74, 6) is 1.67. The van der Waals surface area contributed by atoms with Gasteiger partial charge in [-0.25, -0.2) is 9.67 Å². The second kappa shape index (κ2) is 6.31. The van der Waals surface area contributed by atoms with Crippen LogP contribution in [0.2, 0.25) is 0 Å². The Bertz CT molecular complexity index is 1100. The van der Waals surface area contributed by atoms with Crippen LogP contribution in [0.5, 0.6) is 5.75 Å². The molecule has 0 radical (unpaired) electrons. The molecule has 0 saturated carbocycles. The first-order valence-corrected chi connectivity index (χ1v) is 9.64. The highest BCUT2D eigenvalue weighted by Gasteiger charge is 2.26. The van der Waals surface area contributed by atoms with E-state index >= 15 is 0 Å². The van der Waals surface area contributed by atoms with Crippen molar-refractivity contribution in [2.45, 2.75) is 26.3 Å². The highest BCUT2D eigenvalue weighted by atomic mass is 32.1. The molecule has 0 saturated heterocycles. The van der Waals surface area contributed by atoms with E-state index in [-0.39, 0.29) is 6.04 Å². The van der Waals surface area contributed by atoms with E-state index in [1.807, 2.05) is 23.1 Å². The third-order valence-electron chi connectivity index (χ3n) is 4.70. The van der Waals surface area contributed by atoms with Crippen molar-refractivity contribution in [1.29, 1.82) is 0 Å². The summed E-state index contributed by atoms with van der Waals surface area (Å²) in [6.07, 6.45) is 6.14. The Hall–Kier alpha value is -3.00. The lowest BCUT2D eigenvalue weighted by Gasteiger charge is -2.12. The normalized spacial score (nSPS) is 13.1. The predicted molar refractivity (Wildman–Crippen MR) is 104 cm³/mol. The lowest BCUT2D eigenvalue weighted by Crippen LogP contribution is -2.05. The van der Waals surface area contributed by atoms with Crippen LogP contribution < -0.4 is 4.74 Å². The molecule has 1 aliphatic heterocycles. The zero-order valence-corrected chi connectivity index (χ0v) is 15.8. The first kappa shape index (κ1) is 16.2. The van der Waals surface area contributed by atoms with Gasteiger partial charge >= 0.3 is 0 Å². The number of rotatable bonds is 3. The van der Waals surface area contributed by atoms with E-state index in [0.29, 0.717) is 6.61 Å². The fourth-order valence-corrected chi connectivity index (χ4v) is 4.26. The van der Waals surface area contributed by atoms with Crippen LogP contribution in [0.15, 0.2) is 36.9 Å². The van der Waals surface area contributed by atoms with Gasteiger partial charge in [0.1, 0.15) is 17.8 Å². The van der Waals surface area contributed by atoms with Gasteiger partial charge in [-0.1, -0.05) is 6.07 Å². The minimum atomic E-state index is 0.207. The fourth-order valence-electron chi connectivity index (χ4n) is 3.42. The highest BCUT2D eigenvalue weighted by Crippen LogP contribution is 2.44. The first-order valence-electron chi connectivity index (χ1n) is 8.87. The number of ether oxygens (including phenoxy) is 1. The molecule has 0 atom stereocenters. The second-order valence-electron chi connectivity index (χ2n) is 6.75. The molecule has 1 aromatic carbocycles. The summed E-state index contributed by atoms with van der Waals surface area (Å²) >= 11 is 1.52. The summed E-state index contributed by atoms with van der Waals surface area (Å²) in [6.45, 7) is 4.83. The minimum Gasteiger partial charge on any atom is -0.493 e. The fraction of sp³-hybridized carbons (Fsp3) is 0.263. The molecule has 1 aliphatic rings. The lowest BCUT2D eigenvalue weighted by molar-refractivity contribution is 0.327. The van der Waals surface area contributed by atoms with Gasteiger partial charge in [-0.05, 0) is 43.1 Å². The van der Waals surface area contributed by atoms with Gasteiger partial charge in [0.15, 0.2) is 5.82 Å². The molecular weight excluding hydrogens is 360 g/mol. The van der Waals surface area contributed by atoms with E-state index < -0.39 is 0 Å². The maximum atomic E-state index is 6.02. The first-order chi connectivity index (χ1) is 13.2. The van der Waals surface area contributed by atoms with Crippen molar-refractivity contribution in [3.05, 3.63) is 41.8 Å². The van der Waals surface area contributed by atoms with Crippen LogP contribution in [0.25, 0.3) is 33.8 Å². The molecule has 5 rings (SSSR count). The smallest absolute Gasteiger partial charge is 0.178 e. The van der Waals surface area contributed by atoms with E-state index in [0.717, 1.165) is 45.9 Å². The van der Waals surface area contributed by atoms with Crippen molar-refractivity contribution in [3.8, 4) is 39.5 Å². The monoisotopic (exact) mass is 378 g/mol. The molecule has 1 N–H and O–H groups in total. The average molecular weight is 378 g/mol. The van der Waals surface area contributed by atoms with E-state index in [9.17, 15) is 0 Å². The Labute approximate surface area is 160 Å². The molecule has 0 aliphatic carbocycles. The molecule has 7 nitrogen and oxygen atoms in total. The van der Waals surface area contributed by atoms with E-state index in [4.69, 9.17) is 9.11 Å². The van der Waals surface area contributed by atoms with Crippen molar-refractivity contribution in [3.63, 3.8) is 0 Å². The van der Waals surface area contributed by atoms with Gasteiger partial charge in [0.2, 0.25) is 0 Å². The minimum absolute atomic E-state index is 0.207. The van der Waals surface area contributed by atoms with Crippen LogP contribution in [-0.4, -0.2) is 35.9 Å². The van der Waals surface area contributed by atoms with Crippen molar-refractivity contribution < 1.29 is 4.74 Å². The van der Waals surface area contributed by atoms with Gasteiger partial charge in [-0.3, -0.25) is 5.10 Å². The second-order valence-corrected chi connectivity index (χ2v) is 7.61. The van der Waals surface area contributed by atoms with Crippen LogP contribution in [0, 0.1) is 0 Å². The summed E-state index contributed by atoms with van der Waals surface area (Å²) in [5.41, 5.74) is 5.15. The molecule has 0 fully saturated rings. The number of nitrogens with one attached hydrogen (secondary N) is 1. The summed E-state index contributed by atoms with van der Waals surface area (Å²) in [4.78, 5) is 5.72. The zero-order valence-electron chi connectivity index (χ0n) is 15.0. The van der Waals surface area contributed by atoms with Gasteiger partial charge in [-0.2, -0.15) is 14.6 Å². The Morgan fingerprint density at radius 2 is 2.19 bits per heavy atom. The number of aromatic amines is 1. The maximum Gasteiger partial charge on any atom is 0.178 e. The molecule has 8 heteroatoms. The molecule has 4 aromatic rings. The van der Waals surface area contributed by atoms with Crippen LogP contribution in [0.4, 0.5) is 0 Å². The quantitative estimate of drug-likeness (QED) is 0.583. The Morgan fingerprint density at radius 3 is 3.00 bits per heavy atom. The molecule has 0 amide bonds. The molecule has 4 heterocycles.